The first-order valence-electron chi connectivity index (χ1n) is 12.7. The molecule has 0 aromatic carbocycles. The number of hydrogen-bond acceptors (Lipinski definition) is 2. The van der Waals surface area contributed by atoms with Crippen LogP contribution < -0.4 is 0 Å². The summed E-state index contributed by atoms with van der Waals surface area (Å²) in [6.45, 7) is 26.7. The Morgan fingerprint density at radius 1 is 1.03 bits per heavy atom. The van der Waals surface area contributed by atoms with Gasteiger partial charge in [-0.2, -0.15) is 0 Å². The molecule has 0 saturated carbocycles. The van der Waals surface area contributed by atoms with E-state index in [2.05, 4.69) is 81.1 Å². The van der Waals surface area contributed by atoms with Crippen molar-refractivity contribution in [1.82, 2.24) is 0 Å². The zero-order valence-electron chi connectivity index (χ0n) is 22.8. The molecule has 3 heteroatoms. The fraction of sp³-hybridized carbons (Fsp3) is 0.857. The van der Waals surface area contributed by atoms with Crippen molar-refractivity contribution in [3.8, 4) is 0 Å². The molecule has 31 heavy (non-hydrogen) atoms. The highest BCUT2D eigenvalue weighted by Gasteiger charge is 2.39. The molecule has 0 spiro atoms. The molecule has 0 aromatic heterocycles. The van der Waals surface area contributed by atoms with E-state index in [1.54, 1.807) is 0 Å². The summed E-state index contributed by atoms with van der Waals surface area (Å²) in [7, 11) is -1.91. The van der Waals surface area contributed by atoms with E-state index < -0.39 is 14.6 Å². The lowest BCUT2D eigenvalue weighted by Crippen LogP contribution is -2.44. The van der Waals surface area contributed by atoms with Gasteiger partial charge in [-0.1, -0.05) is 72.6 Å². The maximum Gasteiger partial charge on any atom is 0.195 e. The maximum absolute atomic E-state index is 10.5. The van der Waals surface area contributed by atoms with Crippen molar-refractivity contribution in [2.75, 3.05) is 0 Å². The van der Waals surface area contributed by atoms with Crippen molar-refractivity contribution in [2.45, 2.75) is 138 Å². The number of allylic oxidation sites excluding steroid dienone is 3. The molecule has 2 nitrogen and oxygen atoms in total. The van der Waals surface area contributed by atoms with Crippen LogP contribution in [0.4, 0.5) is 0 Å². The lowest BCUT2D eigenvalue weighted by Gasteiger charge is -2.38. The second-order valence-corrected chi connectivity index (χ2v) is 17.3. The maximum atomic E-state index is 10.5. The van der Waals surface area contributed by atoms with Gasteiger partial charge in [-0.05, 0) is 93.7 Å². The van der Waals surface area contributed by atoms with Crippen molar-refractivity contribution in [3.63, 3.8) is 0 Å². The number of unbranched alkanes of at least 4 members (excludes halogenated alkanes) is 1. The topological polar surface area (TPSA) is 29.5 Å². The molecule has 0 aliphatic rings. The molecule has 184 valence electrons. The fourth-order valence-electron chi connectivity index (χ4n) is 4.30. The van der Waals surface area contributed by atoms with Gasteiger partial charge in [-0.25, -0.2) is 0 Å². The highest BCUT2D eigenvalue weighted by atomic mass is 28.4. The second kappa shape index (κ2) is 14.0. The molecule has 1 N–H and O–H groups in total. The molecule has 0 fully saturated rings. The van der Waals surface area contributed by atoms with E-state index >= 15 is 0 Å². The van der Waals surface area contributed by atoms with Crippen molar-refractivity contribution < 1.29 is 9.53 Å². The first-order valence-corrected chi connectivity index (χ1v) is 15.6. The van der Waals surface area contributed by atoms with Crippen molar-refractivity contribution >= 4 is 8.32 Å². The van der Waals surface area contributed by atoms with Crippen LogP contribution >= 0.6 is 0 Å². The minimum Gasteiger partial charge on any atom is -0.392 e. The van der Waals surface area contributed by atoms with Crippen LogP contribution in [0.15, 0.2) is 24.3 Å². The fourth-order valence-corrected chi connectivity index (χ4v) is 5.45. The van der Waals surface area contributed by atoms with Crippen LogP contribution in [0.2, 0.25) is 18.1 Å². The van der Waals surface area contributed by atoms with Gasteiger partial charge in [0.2, 0.25) is 0 Å². The van der Waals surface area contributed by atoms with Gasteiger partial charge in [0.1, 0.15) is 6.29 Å². The van der Waals surface area contributed by atoms with Crippen LogP contribution in [0, 0.1) is 17.3 Å². The van der Waals surface area contributed by atoms with Gasteiger partial charge in [-0.3, -0.25) is 0 Å². The summed E-state index contributed by atoms with van der Waals surface area (Å²) in [5.74, 6) is 1.49. The van der Waals surface area contributed by atoms with Gasteiger partial charge >= 0.3 is 0 Å². The molecule has 0 aliphatic carbocycles. The summed E-state index contributed by atoms with van der Waals surface area (Å²) >= 11 is 0. The van der Waals surface area contributed by atoms with Crippen LogP contribution in [-0.4, -0.2) is 19.7 Å². The van der Waals surface area contributed by atoms with Crippen molar-refractivity contribution in [1.29, 1.82) is 0 Å². The Hall–Kier alpha value is -0.383. The van der Waals surface area contributed by atoms with Crippen LogP contribution in [0.3, 0.4) is 0 Å². The molecule has 0 radical (unpaired) electrons. The van der Waals surface area contributed by atoms with E-state index in [-0.39, 0.29) is 10.5 Å². The molecule has 0 aromatic rings. The summed E-state index contributed by atoms with van der Waals surface area (Å²) in [6.07, 6.45) is 14.1. The van der Waals surface area contributed by atoms with Crippen LogP contribution in [0.1, 0.15) is 113 Å². The summed E-state index contributed by atoms with van der Waals surface area (Å²) < 4.78 is 6.15. The third kappa shape index (κ3) is 14.4. The van der Waals surface area contributed by atoms with Gasteiger partial charge in [0.15, 0.2) is 8.32 Å². The van der Waals surface area contributed by atoms with E-state index in [1.807, 2.05) is 6.08 Å². The Morgan fingerprint density at radius 3 is 2.19 bits per heavy atom. The van der Waals surface area contributed by atoms with Crippen LogP contribution in [0.5, 0.6) is 0 Å². The molecule has 0 bridgehead atoms. The van der Waals surface area contributed by atoms with E-state index in [0.717, 1.165) is 31.6 Å². The predicted octanol–water partition coefficient (Wildman–Crippen LogP) is 9.27. The summed E-state index contributed by atoms with van der Waals surface area (Å²) in [4.78, 5) is 0. The summed E-state index contributed by atoms with van der Waals surface area (Å²) in [6, 6.07) is 0. The van der Waals surface area contributed by atoms with E-state index in [4.69, 9.17) is 4.43 Å². The number of aliphatic hydroxyl groups excluding tert-OH is 1. The number of hydrogen-bond donors (Lipinski definition) is 1. The van der Waals surface area contributed by atoms with Crippen LogP contribution in [0.25, 0.3) is 0 Å². The van der Waals surface area contributed by atoms with Gasteiger partial charge in [-0.15, -0.1) is 6.58 Å². The largest absolute Gasteiger partial charge is 0.392 e. The monoisotopic (exact) mass is 452 g/mol. The van der Waals surface area contributed by atoms with Gasteiger partial charge in [0.05, 0.1) is 0 Å². The SMILES string of the molecule is C=CCCC=C(C)CCCC(C)CC(C)CC(C)(C)CCC(O)O[Si](C)(C)C(C)(C)C. The molecule has 0 amide bonds. The van der Waals surface area contributed by atoms with Crippen molar-refractivity contribution in [2.24, 2.45) is 17.3 Å². The normalized spacial score (nSPS) is 16.8. The minimum absolute atomic E-state index is 0.133. The molecule has 3 atom stereocenters. The Morgan fingerprint density at radius 2 is 1.65 bits per heavy atom. The average Bonchev–Trinajstić information content (AvgIpc) is 2.58. The zero-order valence-corrected chi connectivity index (χ0v) is 23.8. The van der Waals surface area contributed by atoms with Crippen molar-refractivity contribution in [3.05, 3.63) is 24.3 Å². The number of aliphatic hydroxyl groups is 1. The van der Waals surface area contributed by atoms with Gasteiger partial charge < -0.3 is 9.53 Å². The standard InChI is InChI=1S/C28H56O2Si/c1-12-13-14-16-23(2)17-15-18-24(3)21-25(4)22-28(8,9)20-19-26(29)30-31(10,11)27(5,6)7/h12,16,24-26,29H,1,13-15,17-22H2,2-11H3. The number of rotatable bonds is 16. The minimum atomic E-state index is -1.91. The van der Waals surface area contributed by atoms with E-state index in [1.165, 1.54) is 37.7 Å². The molecule has 0 rings (SSSR count). The van der Waals surface area contributed by atoms with Gasteiger partial charge in [0.25, 0.3) is 0 Å². The van der Waals surface area contributed by atoms with Crippen LogP contribution in [-0.2, 0) is 4.43 Å². The Labute approximate surface area is 197 Å². The third-order valence-electron chi connectivity index (χ3n) is 7.14. The highest BCUT2D eigenvalue weighted by Crippen LogP contribution is 2.39. The average molecular weight is 453 g/mol. The molecule has 0 saturated heterocycles. The van der Waals surface area contributed by atoms with E-state index in [0.29, 0.717) is 5.92 Å². The second-order valence-electron chi connectivity index (χ2n) is 12.5. The summed E-state index contributed by atoms with van der Waals surface area (Å²) in [5, 5.41) is 10.6. The third-order valence-corrected chi connectivity index (χ3v) is 11.6. The lowest BCUT2D eigenvalue weighted by atomic mass is 9.77. The van der Waals surface area contributed by atoms with E-state index in [9.17, 15) is 5.11 Å². The first-order chi connectivity index (χ1) is 14.1. The molecule has 0 aliphatic heterocycles. The Bertz CT molecular complexity index is 528. The zero-order chi connectivity index (χ0) is 24.3. The molecule has 0 heterocycles. The van der Waals surface area contributed by atoms with Gasteiger partial charge in [0, 0.05) is 0 Å². The smallest absolute Gasteiger partial charge is 0.195 e. The highest BCUT2D eigenvalue weighted by molar-refractivity contribution is 6.74. The quantitative estimate of drug-likeness (QED) is 0.109. The summed E-state index contributed by atoms with van der Waals surface area (Å²) in [5.41, 5.74) is 1.77. The molecule has 3 unspecified atom stereocenters. The molecular weight excluding hydrogens is 396 g/mol. The predicted molar refractivity (Wildman–Crippen MR) is 142 cm³/mol. The Kier molecular flexibility index (Phi) is 13.8. The molecular formula is C28H56O2Si. The first kappa shape index (κ1) is 30.6. The lowest BCUT2D eigenvalue weighted by molar-refractivity contribution is -0.0420. The Balaban J connectivity index is 4.31.